The molecule has 0 fully saturated rings. The Bertz CT molecular complexity index is 507. The van der Waals surface area contributed by atoms with E-state index in [1.165, 1.54) is 43.4 Å². The Morgan fingerprint density at radius 3 is 2.27 bits per heavy atom. The Kier molecular flexibility index (Phi) is 7.37. The van der Waals surface area contributed by atoms with Crippen LogP contribution in [0.3, 0.4) is 0 Å². The van der Waals surface area contributed by atoms with E-state index in [0.29, 0.717) is 6.61 Å². The van der Waals surface area contributed by atoms with Gasteiger partial charge >= 0.3 is 0 Å². The number of unbranched alkanes of at least 4 members (excludes halogenated alkanes) is 4. The largest absolute Gasteiger partial charge is 0.489 e. The van der Waals surface area contributed by atoms with Crippen molar-refractivity contribution < 1.29 is 4.74 Å². The van der Waals surface area contributed by atoms with Gasteiger partial charge in [-0.3, -0.25) is 0 Å². The number of hydrogen-bond donors (Lipinski definition) is 1. The van der Waals surface area contributed by atoms with Crippen molar-refractivity contribution in [3.63, 3.8) is 0 Å². The van der Waals surface area contributed by atoms with Crippen molar-refractivity contribution in [1.82, 2.24) is 0 Å². The van der Waals surface area contributed by atoms with Gasteiger partial charge in [0.2, 0.25) is 0 Å². The molecule has 0 unspecified atom stereocenters. The number of nitrogens with one attached hydrogen (secondary N) is 1. The first-order valence-corrected chi connectivity index (χ1v) is 8.39. The van der Waals surface area contributed by atoms with Crippen molar-refractivity contribution >= 4 is 5.69 Å². The molecule has 2 heteroatoms. The summed E-state index contributed by atoms with van der Waals surface area (Å²) in [5, 5.41) is 3.47. The maximum Gasteiger partial charge on any atom is 0.119 e. The van der Waals surface area contributed by atoms with Crippen molar-refractivity contribution in [3.05, 3.63) is 60.2 Å². The zero-order valence-electron chi connectivity index (χ0n) is 13.6. The van der Waals surface area contributed by atoms with Gasteiger partial charge in [0.25, 0.3) is 0 Å². The van der Waals surface area contributed by atoms with E-state index in [2.05, 4.69) is 36.5 Å². The van der Waals surface area contributed by atoms with Crippen molar-refractivity contribution in [2.45, 2.75) is 45.6 Å². The van der Waals surface area contributed by atoms with Gasteiger partial charge in [0.05, 0.1) is 0 Å². The summed E-state index contributed by atoms with van der Waals surface area (Å²) in [4.78, 5) is 0. The summed E-state index contributed by atoms with van der Waals surface area (Å²) in [7, 11) is 0. The van der Waals surface area contributed by atoms with E-state index < -0.39 is 0 Å². The molecule has 0 aliphatic carbocycles. The van der Waals surface area contributed by atoms with Crippen LogP contribution in [0.2, 0.25) is 0 Å². The lowest BCUT2D eigenvalue weighted by atomic mass is 10.1. The van der Waals surface area contributed by atoms with Gasteiger partial charge in [-0.05, 0) is 36.2 Å². The summed E-state index contributed by atoms with van der Waals surface area (Å²) in [6.45, 7) is 3.92. The second kappa shape index (κ2) is 9.88. The molecule has 0 radical (unpaired) electrons. The molecule has 0 saturated carbocycles. The third-order valence-corrected chi connectivity index (χ3v) is 3.71. The van der Waals surface area contributed by atoms with E-state index in [1.807, 2.05) is 30.3 Å². The number of anilines is 1. The van der Waals surface area contributed by atoms with Crippen LogP contribution in [0.1, 0.15) is 44.6 Å². The van der Waals surface area contributed by atoms with Crippen LogP contribution in [-0.4, -0.2) is 6.54 Å². The van der Waals surface area contributed by atoms with Crippen molar-refractivity contribution in [3.8, 4) is 5.75 Å². The molecular formula is C20H27NO. The Balaban J connectivity index is 1.67. The van der Waals surface area contributed by atoms with E-state index in [-0.39, 0.29) is 0 Å². The minimum absolute atomic E-state index is 0.616. The van der Waals surface area contributed by atoms with Crippen molar-refractivity contribution in [1.29, 1.82) is 0 Å². The second-order valence-electron chi connectivity index (χ2n) is 5.64. The van der Waals surface area contributed by atoms with Crippen LogP contribution in [0, 0.1) is 0 Å². The number of rotatable bonds is 10. The fourth-order valence-corrected chi connectivity index (χ4v) is 2.37. The number of benzene rings is 2. The third-order valence-electron chi connectivity index (χ3n) is 3.71. The molecule has 2 aromatic rings. The summed E-state index contributed by atoms with van der Waals surface area (Å²) < 4.78 is 5.79. The molecule has 0 heterocycles. The molecular weight excluding hydrogens is 270 g/mol. The molecule has 0 aliphatic heterocycles. The maximum atomic E-state index is 5.79. The first kappa shape index (κ1) is 16.4. The zero-order valence-corrected chi connectivity index (χ0v) is 13.6. The second-order valence-corrected chi connectivity index (χ2v) is 5.64. The molecule has 0 spiro atoms. The van der Waals surface area contributed by atoms with Crippen LogP contribution in [0.4, 0.5) is 5.69 Å². The minimum atomic E-state index is 0.616. The highest BCUT2D eigenvalue weighted by molar-refractivity contribution is 5.46. The average molecular weight is 297 g/mol. The molecule has 0 aromatic heterocycles. The van der Waals surface area contributed by atoms with Gasteiger partial charge in [-0.1, -0.05) is 62.9 Å². The van der Waals surface area contributed by atoms with Gasteiger partial charge in [-0.2, -0.15) is 0 Å². The Hall–Kier alpha value is -1.96. The third kappa shape index (κ3) is 6.21. The van der Waals surface area contributed by atoms with Gasteiger partial charge in [-0.15, -0.1) is 0 Å². The quantitative estimate of drug-likeness (QED) is 0.572. The topological polar surface area (TPSA) is 21.3 Å². The zero-order chi connectivity index (χ0) is 15.5. The molecule has 0 amide bonds. The van der Waals surface area contributed by atoms with E-state index in [1.54, 1.807) is 0 Å². The van der Waals surface area contributed by atoms with Gasteiger partial charge in [0.15, 0.2) is 0 Å². The van der Waals surface area contributed by atoms with Gasteiger partial charge in [0, 0.05) is 12.2 Å². The molecule has 2 aromatic carbocycles. The average Bonchev–Trinajstić information content (AvgIpc) is 2.58. The highest BCUT2D eigenvalue weighted by Crippen LogP contribution is 2.17. The Labute approximate surface area is 134 Å². The standard InChI is InChI=1S/C20H27NO/c1-2-3-4-5-9-16-21-19-12-14-20(15-13-19)22-17-18-10-7-6-8-11-18/h6-8,10-15,21H,2-5,9,16-17H2,1H3. The van der Waals surface area contributed by atoms with E-state index in [9.17, 15) is 0 Å². The fraction of sp³-hybridized carbons (Fsp3) is 0.400. The first-order chi connectivity index (χ1) is 10.9. The predicted octanol–water partition coefficient (Wildman–Crippen LogP) is 5.65. The van der Waals surface area contributed by atoms with Gasteiger partial charge in [-0.25, -0.2) is 0 Å². The Morgan fingerprint density at radius 2 is 1.55 bits per heavy atom. The highest BCUT2D eigenvalue weighted by atomic mass is 16.5. The molecule has 0 saturated heterocycles. The van der Waals surface area contributed by atoms with Crippen LogP contribution >= 0.6 is 0 Å². The Morgan fingerprint density at radius 1 is 0.818 bits per heavy atom. The monoisotopic (exact) mass is 297 g/mol. The molecule has 0 aliphatic rings. The summed E-state index contributed by atoms with van der Waals surface area (Å²) in [5.41, 5.74) is 2.36. The molecule has 0 bridgehead atoms. The summed E-state index contributed by atoms with van der Waals surface area (Å²) in [6.07, 6.45) is 6.57. The normalized spacial score (nSPS) is 10.4. The number of ether oxygens (including phenoxy) is 1. The van der Waals surface area contributed by atoms with Crippen LogP contribution in [-0.2, 0) is 6.61 Å². The van der Waals surface area contributed by atoms with Crippen LogP contribution < -0.4 is 10.1 Å². The first-order valence-electron chi connectivity index (χ1n) is 8.39. The summed E-state index contributed by atoms with van der Waals surface area (Å²) >= 11 is 0. The molecule has 22 heavy (non-hydrogen) atoms. The predicted molar refractivity (Wildman–Crippen MR) is 94.5 cm³/mol. The highest BCUT2D eigenvalue weighted by Gasteiger charge is 1.97. The lowest BCUT2D eigenvalue weighted by molar-refractivity contribution is 0.306. The van der Waals surface area contributed by atoms with Gasteiger partial charge < -0.3 is 10.1 Å². The number of hydrogen-bond acceptors (Lipinski definition) is 2. The lowest BCUT2D eigenvalue weighted by Crippen LogP contribution is -2.01. The molecule has 0 atom stereocenters. The molecule has 1 N–H and O–H groups in total. The minimum Gasteiger partial charge on any atom is -0.489 e. The van der Waals surface area contributed by atoms with Crippen LogP contribution in [0.5, 0.6) is 5.75 Å². The maximum absolute atomic E-state index is 5.79. The molecule has 2 rings (SSSR count). The summed E-state index contributed by atoms with van der Waals surface area (Å²) in [5.74, 6) is 0.914. The van der Waals surface area contributed by atoms with Gasteiger partial charge in [0.1, 0.15) is 12.4 Å². The molecule has 118 valence electrons. The molecule has 2 nitrogen and oxygen atoms in total. The van der Waals surface area contributed by atoms with Crippen LogP contribution in [0.25, 0.3) is 0 Å². The summed E-state index contributed by atoms with van der Waals surface area (Å²) in [6, 6.07) is 18.5. The fourth-order valence-electron chi connectivity index (χ4n) is 2.37. The smallest absolute Gasteiger partial charge is 0.119 e. The van der Waals surface area contributed by atoms with Crippen molar-refractivity contribution in [2.24, 2.45) is 0 Å². The van der Waals surface area contributed by atoms with Crippen molar-refractivity contribution in [2.75, 3.05) is 11.9 Å². The lowest BCUT2D eigenvalue weighted by Gasteiger charge is -2.09. The van der Waals surface area contributed by atoms with E-state index in [0.717, 1.165) is 12.3 Å². The SMILES string of the molecule is CCCCCCCNc1ccc(OCc2ccccc2)cc1. The van der Waals surface area contributed by atoms with E-state index >= 15 is 0 Å². The van der Waals surface area contributed by atoms with Crippen LogP contribution in [0.15, 0.2) is 54.6 Å². The van der Waals surface area contributed by atoms with E-state index in [4.69, 9.17) is 4.74 Å².